The Balaban J connectivity index is 1.62. The fourth-order valence-electron chi connectivity index (χ4n) is 2.38. The van der Waals surface area contributed by atoms with E-state index in [0.717, 1.165) is 12.0 Å². The number of aromatic nitrogens is 2. The minimum atomic E-state index is -3.61. The first-order chi connectivity index (χ1) is 12.5. The van der Waals surface area contributed by atoms with Crippen molar-refractivity contribution in [3.8, 4) is 11.5 Å². The van der Waals surface area contributed by atoms with Gasteiger partial charge in [-0.05, 0) is 36.2 Å². The van der Waals surface area contributed by atoms with Crippen molar-refractivity contribution in [2.75, 3.05) is 6.54 Å². The first kappa shape index (κ1) is 18.2. The Morgan fingerprint density at radius 2 is 1.81 bits per heavy atom. The van der Waals surface area contributed by atoms with Gasteiger partial charge in [0.25, 0.3) is 5.89 Å². The van der Waals surface area contributed by atoms with Gasteiger partial charge in [0.2, 0.25) is 15.9 Å². The molecule has 3 aromatic rings. The van der Waals surface area contributed by atoms with E-state index in [1.54, 1.807) is 36.4 Å². The molecule has 0 aliphatic rings. The lowest BCUT2D eigenvalue weighted by atomic mass is 10.2. The molecule has 0 radical (unpaired) electrons. The maximum Gasteiger partial charge on any atom is 0.250 e. The summed E-state index contributed by atoms with van der Waals surface area (Å²) in [5.74, 6) is -0.165. The highest BCUT2D eigenvalue weighted by Crippen LogP contribution is 2.21. The van der Waals surface area contributed by atoms with Crippen molar-refractivity contribution >= 4 is 10.0 Å². The minimum absolute atomic E-state index is 0.0658. The molecule has 26 heavy (non-hydrogen) atoms. The lowest BCUT2D eigenvalue weighted by Crippen LogP contribution is -2.26. The van der Waals surface area contributed by atoms with Crippen LogP contribution in [-0.4, -0.2) is 25.2 Å². The van der Waals surface area contributed by atoms with E-state index in [1.807, 2.05) is 6.92 Å². The van der Waals surface area contributed by atoms with Gasteiger partial charge in [0.05, 0.1) is 10.5 Å². The van der Waals surface area contributed by atoms with Gasteiger partial charge < -0.3 is 4.42 Å². The summed E-state index contributed by atoms with van der Waals surface area (Å²) in [5, 5.41) is 7.64. The molecule has 0 atom stereocenters. The highest BCUT2D eigenvalue weighted by molar-refractivity contribution is 7.89. The Hall–Kier alpha value is -2.58. The van der Waals surface area contributed by atoms with Crippen molar-refractivity contribution in [2.45, 2.75) is 24.7 Å². The Morgan fingerprint density at radius 1 is 1.08 bits per heavy atom. The maximum atomic E-state index is 13.7. The average Bonchev–Trinajstić information content (AvgIpc) is 3.10. The second kappa shape index (κ2) is 7.76. The van der Waals surface area contributed by atoms with Crippen molar-refractivity contribution in [1.29, 1.82) is 0 Å². The van der Waals surface area contributed by atoms with Crippen molar-refractivity contribution in [3.05, 3.63) is 65.8 Å². The van der Waals surface area contributed by atoms with Gasteiger partial charge in [-0.25, -0.2) is 17.5 Å². The second-order valence-electron chi connectivity index (χ2n) is 5.63. The molecule has 0 spiro atoms. The molecular weight excluding hydrogens is 357 g/mol. The van der Waals surface area contributed by atoms with Gasteiger partial charge in [-0.15, -0.1) is 10.2 Å². The van der Waals surface area contributed by atoms with Gasteiger partial charge in [0, 0.05) is 13.0 Å². The van der Waals surface area contributed by atoms with Crippen molar-refractivity contribution in [3.63, 3.8) is 0 Å². The summed E-state index contributed by atoms with van der Waals surface area (Å²) in [7, 11) is -3.61. The number of halogens is 1. The fraction of sp³-hybridized carbons (Fsp3) is 0.222. The highest BCUT2D eigenvalue weighted by atomic mass is 32.2. The van der Waals surface area contributed by atoms with E-state index in [0.29, 0.717) is 0 Å². The number of aryl methyl sites for hydroxylation is 1. The minimum Gasteiger partial charge on any atom is -0.421 e. The molecule has 136 valence electrons. The van der Waals surface area contributed by atoms with Crippen LogP contribution in [0.4, 0.5) is 4.39 Å². The molecule has 1 heterocycles. The van der Waals surface area contributed by atoms with Crippen LogP contribution in [0.5, 0.6) is 0 Å². The largest absolute Gasteiger partial charge is 0.421 e. The number of benzene rings is 2. The summed E-state index contributed by atoms with van der Waals surface area (Å²) in [6, 6.07) is 12.8. The summed E-state index contributed by atoms with van der Waals surface area (Å²) in [5.41, 5.74) is 1.28. The molecule has 0 saturated heterocycles. The number of hydrogen-bond donors (Lipinski definition) is 1. The van der Waals surface area contributed by atoms with E-state index in [2.05, 4.69) is 14.9 Å². The summed E-state index contributed by atoms with van der Waals surface area (Å²) < 4.78 is 46.1. The zero-order valence-corrected chi connectivity index (χ0v) is 15.0. The van der Waals surface area contributed by atoms with Gasteiger partial charge in [-0.2, -0.15) is 0 Å². The third kappa shape index (κ3) is 4.14. The second-order valence-corrected chi connectivity index (χ2v) is 7.39. The third-order valence-corrected chi connectivity index (χ3v) is 5.32. The van der Waals surface area contributed by atoms with E-state index in [1.165, 1.54) is 12.1 Å². The molecule has 0 unspecified atom stereocenters. The SMILES string of the molecule is CCc1ccc(S(=O)(=O)NCCc2nnc(-c3ccccc3F)o2)cc1. The standard InChI is InChI=1S/C18H18FN3O3S/c1-2-13-7-9-14(10-8-13)26(23,24)20-12-11-17-21-22-18(25-17)15-5-3-4-6-16(15)19/h3-10,20H,2,11-12H2,1H3. The molecule has 0 fully saturated rings. The molecule has 1 N–H and O–H groups in total. The van der Waals surface area contributed by atoms with Gasteiger partial charge in [0.15, 0.2) is 0 Å². The highest BCUT2D eigenvalue weighted by Gasteiger charge is 2.15. The van der Waals surface area contributed by atoms with Gasteiger partial charge in [-0.1, -0.05) is 31.2 Å². The van der Waals surface area contributed by atoms with Crippen molar-refractivity contribution in [2.24, 2.45) is 0 Å². The van der Waals surface area contributed by atoms with Crippen LogP contribution in [0.2, 0.25) is 0 Å². The van der Waals surface area contributed by atoms with Crippen LogP contribution in [0.3, 0.4) is 0 Å². The van der Waals surface area contributed by atoms with Crippen LogP contribution in [0, 0.1) is 5.82 Å². The Bertz CT molecular complexity index is 985. The van der Waals surface area contributed by atoms with Crippen LogP contribution >= 0.6 is 0 Å². The van der Waals surface area contributed by atoms with E-state index in [9.17, 15) is 12.8 Å². The quantitative estimate of drug-likeness (QED) is 0.686. The molecule has 0 bridgehead atoms. The molecule has 3 rings (SSSR count). The monoisotopic (exact) mass is 375 g/mol. The van der Waals surface area contributed by atoms with Gasteiger partial charge >= 0.3 is 0 Å². The number of sulfonamides is 1. The first-order valence-electron chi connectivity index (χ1n) is 8.15. The predicted octanol–water partition coefficient (Wildman–Crippen LogP) is 2.96. The van der Waals surface area contributed by atoms with Crippen LogP contribution in [-0.2, 0) is 22.9 Å². The summed E-state index contributed by atoms with van der Waals surface area (Å²) >= 11 is 0. The van der Waals surface area contributed by atoms with Crippen LogP contribution in [0.1, 0.15) is 18.4 Å². The molecule has 8 heteroatoms. The molecule has 0 amide bonds. The Kier molecular flexibility index (Phi) is 5.43. The van der Waals surface area contributed by atoms with E-state index < -0.39 is 15.8 Å². The summed E-state index contributed by atoms with van der Waals surface area (Å²) in [4.78, 5) is 0.201. The lowest BCUT2D eigenvalue weighted by Gasteiger charge is -2.06. The van der Waals surface area contributed by atoms with Crippen LogP contribution in [0.25, 0.3) is 11.5 Å². The molecule has 0 saturated carbocycles. The molecule has 0 aliphatic carbocycles. The predicted molar refractivity (Wildman–Crippen MR) is 94.4 cm³/mol. The van der Waals surface area contributed by atoms with Crippen molar-refractivity contribution in [1.82, 2.24) is 14.9 Å². The lowest BCUT2D eigenvalue weighted by molar-refractivity contribution is 0.498. The van der Waals surface area contributed by atoms with E-state index in [-0.39, 0.29) is 35.2 Å². The van der Waals surface area contributed by atoms with Crippen LogP contribution < -0.4 is 4.72 Å². The summed E-state index contributed by atoms with van der Waals surface area (Å²) in [6.45, 7) is 2.10. The molecular formula is C18H18FN3O3S. The molecule has 2 aromatic carbocycles. The van der Waals surface area contributed by atoms with Gasteiger partial charge in [-0.3, -0.25) is 0 Å². The normalized spacial score (nSPS) is 11.6. The number of nitrogens with zero attached hydrogens (tertiary/aromatic N) is 2. The number of hydrogen-bond acceptors (Lipinski definition) is 5. The smallest absolute Gasteiger partial charge is 0.250 e. The molecule has 0 aliphatic heterocycles. The number of nitrogens with one attached hydrogen (secondary N) is 1. The average molecular weight is 375 g/mol. The first-order valence-corrected chi connectivity index (χ1v) is 9.64. The third-order valence-electron chi connectivity index (χ3n) is 3.84. The zero-order chi connectivity index (χ0) is 18.6. The Morgan fingerprint density at radius 3 is 2.50 bits per heavy atom. The van der Waals surface area contributed by atoms with Crippen LogP contribution in [0.15, 0.2) is 57.8 Å². The zero-order valence-electron chi connectivity index (χ0n) is 14.1. The topological polar surface area (TPSA) is 85.1 Å². The maximum absolute atomic E-state index is 13.7. The van der Waals surface area contributed by atoms with Crippen molar-refractivity contribution < 1.29 is 17.2 Å². The van der Waals surface area contributed by atoms with E-state index >= 15 is 0 Å². The summed E-state index contributed by atoms with van der Waals surface area (Å²) in [6.07, 6.45) is 1.04. The fourth-order valence-corrected chi connectivity index (χ4v) is 3.41. The Labute approximate surface area is 151 Å². The number of rotatable bonds is 7. The molecule has 6 nitrogen and oxygen atoms in total. The van der Waals surface area contributed by atoms with Gasteiger partial charge in [0.1, 0.15) is 5.82 Å². The molecule has 1 aromatic heterocycles. The van der Waals surface area contributed by atoms with E-state index in [4.69, 9.17) is 4.42 Å².